The molecule has 2 unspecified atom stereocenters. The summed E-state index contributed by atoms with van der Waals surface area (Å²) >= 11 is 0. The molecule has 0 radical (unpaired) electrons. The fourth-order valence-electron chi connectivity index (χ4n) is 2.49. The highest BCUT2D eigenvalue weighted by Gasteiger charge is 2.23. The number of H-pyrrole nitrogens is 1. The van der Waals surface area contributed by atoms with Gasteiger partial charge in [0, 0.05) is 49.4 Å². The molecule has 0 saturated carbocycles. The third kappa shape index (κ3) is 2.60. The largest absolute Gasteiger partial charge is 0.391 e. The van der Waals surface area contributed by atoms with E-state index in [9.17, 15) is 5.11 Å². The Bertz CT molecular complexity index is 567. The number of rotatable bonds is 4. The Hall–Kier alpha value is -1.50. The molecule has 2 aromatic heterocycles. The Morgan fingerprint density at radius 2 is 2.37 bits per heavy atom. The van der Waals surface area contributed by atoms with Crippen LogP contribution in [-0.4, -0.2) is 46.0 Å². The summed E-state index contributed by atoms with van der Waals surface area (Å²) < 4.78 is 0. The van der Waals surface area contributed by atoms with Crippen molar-refractivity contribution < 1.29 is 5.11 Å². The van der Waals surface area contributed by atoms with Crippen LogP contribution in [0, 0.1) is 12.8 Å². The van der Waals surface area contributed by atoms with Gasteiger partial charge in [0.2, 0.25) is 0 Å². The summed E-state index contributed by atoms with van der Waals surface area (Å²) in [5.41, 5.74) is 2.94. The molecule has 0 amide bonds. The van der Waals surface area contributed by atoms with Crippen LogP contribution >= 0.6 is 0 Å². The summed E-state index contributed by atoms with van der Waals surface area (Å²) in [6.07, 6.45) is 1.61. The van der Waals surface area contributed by atoms with Crippen LogP contribution in [0.4, 0.5) is 0 Å². The van der Waals surface area contributed by atoms with E-state index in [1.807, 2.05) is 13.1 Å². The number of aliphatic hydroxyl groups excluding tert-OH is 1. The molecule has 1 saturated heterocycles. The van der Waals surface area contributed by atoms with E-state index in [2.05, 4.69) is 31.9 Å². The van der Waals surface area contributed by atoms with E-state index in [0.717, 1.165) is 41.9 Å². The molecule has 6 heteroatoms. The van der Waals surface area contributed by atoms with Crippen LogP contribution < -0.4 is 10.6 Å². The average molecular weight is 261 g/mol. The van der Waals surface area contributed by atoms with Crippen LogP contribution in [-0.2, 0) is 6.54 Å². The summed E-state index contributed by atoms with van der Waals surface area (Å²) in [6.45, 7) is 5.16. The minimum Gasteiger partial charge on any atom is -0.391 e. The number of pyridine rings is 1. The lowest BCUT2D eigenvalue weighted by Gasteiger charge is -2.13. The second-order valence-electron chi connectivity index (χ2n) is 5.18. The maximum absolute atomic E-state index is 9.71. The molecule has 3 heterocycles. The molecule has 1 aliphatic heterocycles. The zero-order valence-electron chi connectivity index (χ0n) is 11.0. The van der Waals surface area contributed by atoms with E-state index in [-0.39, 0.29) is 6.10 Å². The number of β-amino-alcohol motifs (C(OH)–C–C–N with tert-alkyl or cyclic N) is 1. The molecule has 102 valence electrons. The van der Waals surface area contributed by atoms with Gasteiger partial charge in [0.05, 0.1) is 6.10 Å². The summed E-state index contributed by atoms with van der Waals surface area (Å²) in [5, 5.41) is 24.4. The SMILES string of the molecule is Cc1[nH]nc2ncc(CNCC3CNCC3O)cc12. The van der Waals surface area contributed by atoms with E-state index < -0.39 is 0 Å². The highest BCUT2D eigenvalue weighted by Crippen LogP contribution is 2.14. The highest BCUT2D eigenvalue weighted by molar-refractivity contribution is 5.77. The standard InChI is InChI=1S/C13H19N5O/c1-8-11-2-9(4-16-13(11)18-17-8)3-14-5-10-6-15-7-12(10)19/h2,4,10,12,14-15,19H,3,5-7H2,1H3,(H,16,17,18). The van der Waals surface area contributed by atoms with Gasteiger partial charge in [-0.1, -0.05) is 0 Å². The molecule has 19 heavy (non-hydrogen) atoms. The predicted octanol–water partition coefficient (Wildman–Crippen LogP) is -0.0638. The first kappa shape index (κ1) is 12.5. The smallest absolute Gasteiger partial charge is 0.181 e. The topological polar surface area (TPSA) is 85.9 Å². The van der Waals surface area contributed by atoms with Gasteiger partial charge in [-0.05, 0) is 18.6 Å². The molecule has 2 aromatic rings. The van der Waals surface area contributed by atoms with Gasteiger partial charge >= 0.3 is 0 Å². The van der Waals surface area contributed by atoms with Crippen LogP contribution in [0.25, 0.3) is 11.0 Å². The molecule has 6 nitrogen and oxygen atoms in total. The number of nitrogens with zero attached hydrogens (tertiary/aromatic N) is 2. The molecule has 1 aliphatic rings. The lowest BCUT2D eigenvalue weighted by molar-refractivity contribution is 0.146. The third-order valence-corrected chi connectivity index (χ3v) is 3.70. The molecule has 0 spiro atoms. The van der Waals surface area contributed by atoms with Gasteiger partial charge in [0.15, 0.2) is 5.65 Å². The van der Waals surface area contributed by atoms with Gasteiger partial charge in [-0.15, -0.1) is 0 Å². The van der Waals surface area contributed by atoms with Crippen molar-refractivity contribution in [1.82, 2.24) is 25.8 Å². The molecular formula is C13H19N5O. The van der Waals surface area contributed by atoms with E-state index >= 15 is 0 Å². The van der Waals surface area contributed by atoms with Gasteiger partial charge < -0.3 is 15.7 Å². The first-order valence-electron chi connectivity index (χ1n) is 6.63. The summed E-state index contributed by atoms with van der Waals surface area (Å²) in [5.74, 6) is 0.298. The lowest BCUT2D eigenvalue weighted by atomic mass is 10.1. The number of fused-ring (bicyclic) bond motifs is 1. The van der Waals surface area contributed by atoms with E-state index in [1.54, 1.807) is 0 Å². The maximum atomic E-state index is 9.71. The first-order chi connectivity index (χ1) is 9.24. The normalized spacial score (nSPS) is 23.3. The van der Waals surface area contributed by atoms with Crippen molar-refractivity contribution in [2.75, 3.05) is 19.6 Å². The number of nitrogens with one attached hydrogen (secondary N) is 3. The number of hydrogen-bond acceptors (Lipinski definition) is 5. The van der Waals surface area contributed by atoms with Crippen molar-refractivity contribution in [2.24, 2.45) is 5.92 Å². The van der Waals surface area contributed by atoms with Crippen molar-refractivity contribution in [3.8, 4) is 0 Å². The summed E-state index contributed by atoms with van der Waals surface area (Å²) in [4.78, 5) is 4.32. The van der Waals surface area contributed by atoms with Gasteiger partial charge in [-0.25, -0.2) is 4.98 Å². The molecule has 3 rings (SSSR count). The Balaban J connectivity index is 1.60. The minimum absolute atomic E-state index is 0.232. The zero-order chi connectivity index (χ0) is 13.2. The van der Waals surface area contributed by atoms with Crippen LogP contribution in [0.1, 0.15) is 11.3 Å². The Labute approximate surface area is 111 Å². The van der Waals surface area contributed by atoms with Gasteiger partial charge in [-0.2, -0.15) is 5.10 Å². The fourth-order valence-corrected chi connectivity index (χ4v) is 2.49. The van der Waals surface area contributed by atoms with Crippen LogP contribution in [0.5, 0.6) is 0 Å². The van der Waals surface area contributed by atoms with Crippen molar-refractivity contribution >= 4 is 11.0 Å². The van der Waals surface area contributed by atoms with Crippen LogP contribution in [0.15, 0.2) is 12.3 Å². The van der Waals surface area contributed by atoms with Gasteiger partial charge in [0.1, 0.15) is 0 Å². The van der Waals surface area contributed by atoms with E-state index in [4.69, 9.17) is 0 Å². The second-order valence-corrected chi connectivity index (χ2v) is 5.18. The average Bonchev–Trinajstić information content (AvgIpc) is 2.98. The quantitative estimate of drug-likeness (QED) is 0.619. The summed E-state index contributed by atoms with van der Waals surface area (Å²) in [7, 11) is 0. The molecule has 0 bridgehead atoms. The summed E-state index contributed by atoms with van der Waals surface area (Å²) in [6, 6.07) is 2.11. The molecule has 4 N–H and O–H groups in total. The zero-order valence-corrected chi connectivity index (χ0v) is 11.0. The molecule has 0 aromatic carbocycles. The number of aromatic amines is 1. The highest BCUT2D eigenvalue weighted by atomic mass is 16.3. The number of aryl methyl sites for hydroxylation is 1. The maximum Gasteiger partial charge on any atom is 0.181 e. The van der Waals surface area contributed by atoms with Crippen molar-refractivity contribution in [2.45, 2.75) is 19.6 Å². The van der Waals surface area contributed by atoms with E-state index in [1.165, 1.54) is 0 Å². The molecule has 1 fully saturated rings. The fraction of sp³-hybridized carbons (Fsp3) is 0.538. The van der Waals surface area contributed by atoms with Crippen molar-refractivity contribution in [1.29, 1.82) is 0 Å². The van der Waals surface area contributed by atoms with Gasteiger partial charge in [0.25, 0.3) is 0 Å². The Morgan fingerprint density at radius 1 is 1.47 bits per heavy atom. The first-order valence-corrected chi connectivity index (χ1v) is 6.63. The Morgan fingerprint density at radius 3 is 3.16 bits per heavy atom. The van der Waals surface area contributed by atoms with Crippen LogP contribution in [0.3, 0.4) is 0 Å². The van der Waals surface area contributed by atoms with Crippen molar-refractivity contribution in [3.05, 3.63) is 23.5 Å². The third-order valence-electron chi connectivity index (χ3n) is 3.70. The number of aromatic nitrogens is 3. The van der Waals surface area contributed by atoms with Crippen LogP contribution in [0.2, 0.25) is 0 Å². The van der Waals surface area contributed by atoms with Gasteiger partial charge in [-0.3, -0.25) is 5.10 Å². The molecule has 2 atom stereocenters. The molecule has 0 aliphatic carbocycles. The monoisotopic (exact) mass is 261 g/mol. The number of aliphatic hydroxyl groups is 1. The second kappa shape index (κ2) is 5.24. The van der Waals surface area contributed by atoms with E-state index in [0.29, 0.717) is 12.5 Å². The molecular weight excluding hydrogens is 242 g/mol. The van der Waals surface area contributed by atoms with Crippen molar-refractivity contribution in [3.63, 3.8) is 0 Å². The lowest BCUT2D eigenvalue weighted by Crippen LogP contribution is -2.30. The minimum atomic E-state index is -0.232. The Kier molecular flexibility index (Phi) is 3.46. The predicted molar refractivity (Wildman–Crippen MR) is 72.7 cm³/mol. The number of hydrogen-bond donors (Lipinski definition) is 4.